The average Bonchev–Trinajstić information content (AvgIpc) is 2.53. The molecule has 0 fully saturated rings. The molecule has 1 aromatic rings. The Morgan fingerprint density at radius 2 is 2.31 bits per heavy atom. The third-order valence-corrected chi connectivity index (χ3v) is 2.56. The van der Waals surface area contributed by atoms with Gasteiger partial charge < -0.3 is 4.74 Å². The standard InChI is InChI=1S/C11H10ClNO3/c1-2-16-11(15)13-9-4-3-8(12)5-7(9)6-10(13)14/h3-5H,2,6H2,1H3. The Morgan fingerprint density at radius 3 is 3.00 bits per heavy atom. The largest absolute Gasteiger partial charge is 0.449 e. The van der Waals surface area contributed by atoms with Crippen molar-refractivity contribution in [3.8, 4) is 0 Å². The van der Waals surface area contributed by atoms with Gasteiger partial charge in [-0.1, -0.05) is 11.6 Å². The molecule has 0 spiro atoms. The maximum absolute atomic E-state index is 11.6. The van der Waals surface area contributed by atoms with Crippen LogP contribution < -0.4 is 4.90 Å². The summed E-state index contributed by atoms with van der Waals surface area (Å²) in [5.74, 6) is -0.282. The van der Waals surface area contributed by atoms with E-state index in [4.69, 9.17) is 16.3 Å². The topological polar surface area (TPSA) is 46.6 Å². The van der Waals surface area contributed by atoms with Gasteiger partial charge in [0.2, 0.25) is 5.91 Å². The lowest BCUT2D eigenvalue weighted by Gasteiger charge is -2.14. The Morgan fingerprint density at radius 1 is 1.56 bits per heavy atom. The molecule has 0 aliphatic carbocycles. The third-order valence-electron chi connectivity index (χ3n) is 2.32. The van der Waals surface area contributed by atoms with E-state index in [1.54, 1.807) is 25.1 Å². The van der Waals surface area contributed by atoms with Crippen LogP contribution in [0.3, 0.4) is 0 Å². The van der Waals surface area contributed by atoms with Crippen molar-refractivity contribution in [2.75, 3.05) is 11.5 Å². The first-order valence-electron chi connectivity index (χ1n) is 4.91. The molecule has 2 amide bonds. The van der Waals surface area contributed by atoms with Crippen LogP contribution in [0.5, 0.6) is 0 Å². The molecule has 0 atom stereocenters. The Kier molecular flexibility index (Phi) is 2.83. The first-order valence-corrected chi connectivity index (χ1v) is 5.29. The van der Waals surface area contributed by atoms with Crippen molar-refractivity contribution in [2.45, 2.75) is 13.3 Å². The van der Waals surface area contributed by atoms with Crippen molar-refractivity contribution >= 4 is 29.3 Å². The number of nitrogens with zero attached hydrogens (tertiary/aromatic N) is 1. The number of hydrogen-bond donors (Lipinski definition) is 0. The van der Waals surface area contributed by atoms with Gasteiger partial charge in [0.05, 0.1) is 18.7 Å². The second kappa shape index (κ2) is 4.14. The van der Waals surface area contributed by atoms with Crippen LogP contribution in [0, 0.1) is 0 Å². The van der Waals surface area contributed by atoms with Gasteiger partial charge in [0.25, 0.3) is 0 Å². The minimum absolute atomic E-state index is 0.189. The lowest BCUT2D eigenvalue weighted by molar-refractivity contribution is -0.116. The number of carbonyl (C=O) groups is 2. The van der Waals surface area contributed by atoms with Crippen LogP contribution in [-0.2, 0) is 16.0 Å². The van der Waals surface area contributed by atoms with Crippen molar-refractivity contribution in [2.24, 2.45) is 0 Å². The number of halogens is 1. The maximum atomic E-state index is 11.6. The molecule has 16 heavy (non-hydrogen) atoms. The second-order valence-corrected chi connectivity index (χ2v) is 3.81. The van der Waals surface area contributed by atoms with Crippen LogP contribution in [0.2, 0.25) is 5.02 Å². The summed E-state index contributed by atoms with van der Waals surface area (Å²) >= 11 is 5.81. The van der Waals surface area contributed by atoms with E-state index in [2.05, 4.69) is 0 Å². The Labute approximate surface area is 97.7 Å². The molecule has 84 valence electrons. The van der Waals surface area contributed by atoms with E-state index in [-0.39, 0.29) is 18.9 Å². The fraction of sp³-hybridized carbons (Fsp3) is 0.273. The molecule has 4 nitrogen and oxygen atoms in total. The predicted molar refractivity (Wildman–Crippen MR) is 59.7 cm³/mol. The van der Waals surface area contributed by atoms with Crippen LogP contribution >= 0.6 is 11.6 Å². The number of carbonyl (C=O) groups excluding carboxylic acids is 2. The van der Waals surface area contributed by atoms with Crippen LogP contribution in [0.25, 0.3) is 0 Å². The summed E-state index contributed by atoms with van der Waals surface area (Å²) in [7, 11) is 0. The lowest BCUT2D eigenvalue weighted by Crippen LogP contribution is -2.34. The van der Waals surface area contributed by atoms with Crippen molar-refractivity contribution in [3.63, 3.8) is 0 Å². The van der Waals surface area contributed by atoms with E-state index in [1.165, 1.54) is 0 Å². The molecule has 5 heteroatoms. The van der Waals surface area contributed by atoms with E-state index in [0.717, 1.165) is 10.5 Å². The zero-order valence-corrected chi connectivity index (χ0v) is 9.45. The highest BCUT2D eigenvalue weighted by molar-refractivity contribution is 6.31. The molecular weight excluding hydrogens is 230 g/mol. The summed E-state index contributed by atoms with van der Waals surface area (Å²) in [5, 5.41) is 0.553. The highest BCUT2D eigenvalue weighted by Crippen LogP contribution is 2.31. The molecule has 0 unspecified atom stereocenters. The molecule has 0 N–H and O–H groups in total. The van der Waals surface area contributed by atoms with Gasteiger partial charge in [-0.25, -0.2) is 9.69 Å². The zero-order valence-electron chi connectivity index (χ0n) is 8.70. The van der Waals surface area contributed by atoms with E-state index < -0.39 is 6.09 Å². The summed E-state index contributed by atoms with van der Waals surface area (Å²) in [6.45, 7) is 1.94. The molecule has 1 aliphatic heterocycles. The molecule has 0 saturated heterocycles. The Bertz CT molecular complexity index is 459. The number of hydrogen-bond acceptors (Lipinski definition) is 3. The van der Waals surface area contributed by atoms with Crippen LogP contribution in [-0.4, -0.2) is 18.6 Å². The Hall–Kier alpha value is -1.55. The number of anilines is 1. The molecule has 0 aromatic heterocycles. The molecule has 1 heterocycles. The maximum Gasteiger partial charge on any atom is 0.421 e. The number of imide groups is 1. The van der Waals surface area contributed by atoms with E-state index in [0.29, 0.717) is 10.7 Å². The zero-order chi connectivity index (χ0) is 11.7. The molecule has 0 radical (unpaired) electrons. The minimum atomic E-state index is -0.631. The van der Waals surface area contributed by atoms with Crippen molar-refractivity contribution in [3.05, 3.63) is 28.8 Å². The van der Waals surface area contributed by atoms with Gasteiger partial charge in [0.15, 0.2) is 0 Å². The number of benzene rings is 1. The molecule has 1 aromatic carbocycles. The fourth-order valence-electron chi connectivity index (χ4n) is 1.68. The smallest absolute Gasteiger partial charge is 0.421 e. The van der Waals surface area contributed by atoms with Crippen molar-refractivity contribution < 1.29 is 14.3 Å². The lowest BCUT2D eigenvalue weighted by atomic mass is 10.2. The van der Waals surface area contributed by atoms with Gasteiger partial charge in [-0.2, -0.15) is 0 Å². The first-order chi connectivity index (χ1) is 7.63. The molecule has 0 bridgehead atoms. The van der Waals surface area contributed by atoms with Gasteiger partial charge in [-0.05, 0) is 30.7 Å². The van der Waals surface area contributed by atoms with Gasteiger partial charge >= 0.3 is 6.09 Å². The summed E-state index contributed by atoms with van der Waals surface area (Å²) in [6, 6.07) is 4.98. The molecule has 1 aliphatic rings. The third kappa shape index (κ3) is 1.76. The SMILES string of the molecule is CCOC(=O)N1C(=O)Cc2cc(Cl)ccc21. The number of ether oxygens (including phenoxy) is 1. The first kappa shape index (κ1) is 11.0. The monoisotopic (exact) mass is 239 g/mol. The van der Waals surface area contributed by atoms with Crippen molar-refractivity contribution in [1.29, 1.82) is 0 Å². The van der Waals surface area contributed by atoms with E-state index in [1.807, 2.05) is 0 Å². The highest BCUT2D eigenvalue weighted by Gasteiger charge is 2.33. The normalized spacial score (nSPS) is 13.9. The number of fused-ring (bicyclic) bond motifs is 1. The summed E-state index contributed by atoms with van der Waals surface area (Å²) < 4.78 is 4.82. The van der Waals surface area contributed by atoms with Gasteiger partial charge in [-0.15, -0.1) is 0 Å². The fourth-order valence-corrected chi connectivity index (χ4v) is 1.87. The van der Waals surface area contributed by atoms with E-state index >= 15 is 0 Å². The van der Waals surface area contributed by atoms with Gasteiger partial charge in [-0.3, -0.25) is 4.79 Å². The minimum Gasteiger partial charge on any atom is -0.449 e. The van der Waals surface area contributed by atoms with Gasteiger partial charge in [0, 0.05) is 5.02 Å². The molecule has 2 rings (SSSR count). The van der Waals surface area contributed by atoms with Crippen LogP contribution in [0.15, 0.2) is 18.2 Å². The van der Waals surface area contributed by atoms with Crippen LogP contribution in [0.4, 0.5) is 10.5 Å². The van der Waals surface area contributed by atoms with Crippen molar-refractivity contribution in [1.82, 2.24) is 0 Å². The number of rotatable bonds is 1. The highest BCUT2D eigenvalue weighted by atomic mass is 35.5. The average molecular weight is 240 g/mol. The van der Waals surface area contributed by atoms with Crippen LogP contribution in [0.1, 0.15) is 12.5 Å². The van der Waals surface area contributed by atoms with E-state index in [9.17, 15) is 9.59 Å². The molecule has 0 saturated carbocycles. The second-order valence-electron chi connectivity index (χ2n) is 3.38. The summed E-state index contributed by atoms with van der Waals surface area (Å²) in [5.41, 5.74) is 1.32. The number of amides is 2. The molecular formula is C11H10ClNO3. The predicted octanol–water partition coefficient (Wildman–Crippen LogP) is 2.39. The van der Waals surface area contributed by atoms with Gasteiger partial charge in [0.1, 0.15) is 0 Å². The summed E-state index contributed by atoms with van der Waals surface area (Å²) in [4.78, 5) is 24.2. The quantitative estimate of drug-likeness (QED) is 0.756. The Balaban J connectivity index is 2.36. The summed E-state index contributed by atoms with van der Waals surface area (Å²) in [6.07, 6.45) is -0.442.